The van der Waals surface area contributed by atoms with Gasteiger partial charge in [-0.25, -0.2) is 4.39 Å². The molecule has 2 unspecified atom stereocenters. The molecule has 0 saturated heterocycles. The Kier molecular flexibility index (Phi) is 4.73. The second kappa shape index (κ2) is 6.33. The maximum absolute atomic E-state index is 13.8. The van der Waals surface area contributed by atoms with Gasteiger partial charge in [-0.15, -0.1) is 0 Å². The van der Waals surface area contributed by atoms with E-state index in [9.17, 15) is 4.39 Å². The summed E-state index contributed by atoms with van der Waals surface area (Å²) in [5, 5.41) is 3.47. The summed E-state index contributed by atoms with van der Waals surface area (Å²) in [6.45, 7) is 6.01. The minimum absolute atomic E-state index is 0.0606. The summed E-state index contributed by atoms with van der Waals surface area (Å²) in [5.41, 5.74) is 7.15. The summed E-state index contributed by atoms with van der Waals surface area (Å²) >= 11 is 0. The summed E-state index contributed by atoms with van der Waals surface area (Å²) in [5.74, 6) is 0.473. The first-order chi connectivity index (χ1) is 9.47. The standard InChI is InChI=1S/C16H25FN2O/c1-10(2)20-16-9-15(13(18)8-12(16)17)19-14-7-5-4-6-11(14)3/h8-11,14,19H,4-7,18H2,1-3H3. The average molecular weight is 280 g/mol. The number of nitrogens with two attached hydrogens (primary N) is 1. The minimum atomic E-state index is -0.404. The number of halogens is 1. The lowest BCUT2D eigenvalue weighted by atomic mass is 9.86. The second-order valence-electron chi connectivity index (χ2n) is 6.05. The first-order valence-electron chi connectivity index (χ1n) is 7.49. The Hall–Kier alpha value is -1.45. The van der Waals surface area contributed by atoms with Gasteiger partial charge in [-0.3, -0.25) is 0 Å². The number of anilines is 2. The zero-order chi connectivity index (χ0) is 14.7. The van der Waals surface area contributed by atoms with Gasteiger partial charge in [0.15, 0.2) is 11.6 Å². The van der Waals surface area contributed by atoms with E-state index in [1.54, 1.807) is 6.07 Å². The monoisotopic (exact) mass is 280 g/mol. The van der Waals surface area contributed by atoms with E-state index in [0.717, 1.165) is 12.1 Å². The highest BCUT2D eigenvalue weighted by Crippen LogP contribution is 2.33. The highest BCUT2D eigenvalue weighted by Gasteiger charge is 2.22. The third-order valence-electron chi connectivity index (χ3n) is 3.92. The van der Waals surface area contributed by atoms with Crippen molar-refractivity contribution in [2.45, 2.75) is 58.6 Å². The third kappa shape index (κ3) is 3.56. The van der Waals surface area contributed by atoms with Gasteiger partial charge in [0.25, 0.3) is 0 Å². The summed E-state index contributed by atoms with van der Waals surface area (Å²) in [4.78, 5) is 0. The number of ether oxygens (including phenoxy) is 1. The largest absolute Gasteiger partial charge is 0.488 e. The lowest BCUT2D eigenvalue weighted by Gasteiger charge is -2.31. The molecule has 0 amide bonds. The number of nitrogen functional groups attached to an aromatic ring is 1. The van der Waals surface area contributed by atoms with Crippen molar-refractivity contribution in [1.29, 1.82) is 0 Å². The predicted octanol–water partition coefficient (Wildman–Crippen LogP) is 4.19. The van der Waals surface area contributed by atoms with Gasteiger partial charge in [0.2, 0.25) is 0 Å². The molecule has 0 heterocycles. The van der Waals surface area contributed by atoms with E-state index in [1.165, 1.54) is 25.3 Å². The number of benzene rings is 1. The topological polar surface area (TPSA) is 47.3 Å². The van der Waals surface area contributed by atoms with Crippen molar-refractivity contribution in [3.8, 4) is 5.75 Å². The van der Waals surface area contributed by atoms with Crippen molar-refractivity contribution in [3.63, 3.8) is 0 Å². The smallest absolute Gasteiger partial charge is 0.167 e. The first kappa shape index (κ1) is 14.9. The fraction of sp³-hybridized carbons (Fsp3) is 0.625. The van der Waals surface area contributed by atoms with Crippen molar-refractivity contribution in [2.75, 3.05) is 11.1 Å². The van der Waals surface area contributed by atoms with Gasteiger partial charge in [0, 0.05) is 18.2 Å². The van der Waals surface area contributed by atoms with Crippen LogP contribution in [0.15, 0.2) is 12.1 Å². The molecule has 3 nitrogen and oxygen atoms in total. The highest BCUT2D eigenvalue weighted by atomic mass is 19.1. The Morgan fingerprint density at radius 3 is 2.65 bits per heavy atom. The molecular formula is C16H25FN2O. The Labute approximate surface area is 120 Å². The molecule has 1 aliphatic carbocycles. The van der Waals surface area contributed by atoms with Crippen molar-refractivity contribution >= 4 is 11.4 Å². The fourth-order valence-corrected chi connectivity index (χ4v) is 2.77. The van der Waals surface area contributed by atoms with E-state index in [4.69, 9.17) is 10.5 Å². The molecule has 2 atom stereocenters. The minimum Gasteiger partial charge on any atom is -0.488 e. The Balaban J connectivity index is 2.17. The SMILES string of the molecule is CC(C)Oc1cc(NC2CCCCC2C)c(N)cc1F. The highest BCUT2D eigenvalue weighted by molar-refractivity contribution is 5.69. The maximum atomic E-state index is 13.8. The molecular weight excluding hydrogens is 255 g/mol. The number of rotatable bonds is 4. The average Bonchev–Trinajstić information content (AvgIpc) is 2.37. The van der Waals surface area contributed by atoms with Gasteiger partial charge < -0.3 is 15.8 Å². The molecule has 1 fully saturated rings. The predicted molar refractivity (Wildman–Crippen MR) is 81.6 cm³/mol. The third-order valence-corrected chi connectivity index (χ3v) is 3.92. The lowest BCUT2D eigenvalue weighted by Crippen LogP contribution is -2.30. The maximum Gasteiger partial charge on any atom is 0.167 e. The number of nitrogens with one attached hydrogen (secondary N) is 1. The van der Waals surface area contributed by atoms with Crippen LogP contribution in [0.2, 0.25) is 0 Å². The van der Waals surface area contributed by atoms with Gasteiger partial charge in [-0.05, 0) is 32.6 Å². The van der Waals surface area contributed by atoms with Crippen LogP contribution in [0.1, 0.15) is 46.5 Å². The van der Waals surface area contributed by atoms with Crippen LogP contribution in [0, 0.1) is 11.7 Å². The Morgan fingerprint density at radius 2 is 2.00 bits per heavy atom. The van der Waals surface area contributed by atoms with E-state index < -0.39 is 5.82 Å². The molecule has 112 valence electrons. The van der Waals surface area contributed by atoms with Crippen LogP contribution in [-0.4, -0.2) is 12.1 Å². The quantitative estimate of drug-likeness (QED) is 0.813. The molecule has 0 bridgehead atoms. The van der Waals surface area contributed by atoms with Gasteiger partial charge >= 0.3 is 0 Å². The van der Waals surface area contributed by atoms with E-state index in [0.29, 0.717) is 17.6 Å². The fourth-order valence-electron chi connectivity index (χ4n) is 2.77. The number of hydrogen-bond donors (Lipinski definition) is 2. The van der Waals surface area contributed by atoms with Crippen LogP contribution in [-0.2, 0) is 0 Å². The second-order valence-corrected chi connectivity index (χ2v) is 6.05. The summed E-state index contributed by atoms with van der Waals surface area (Å²) in [6, 6.07) is 3.43. The summed E-state index contributed by atoms with van der Waals surface area (Å²) < 4.78 is 19.3. The Morgan fingerprint density at radius 1 is 1.30 bits per heavy atom. The molecule has 20 heavy (non-hydrogen) atoms. The lowest BCUT2D eigenvalue weighted by molar-refractivity contribution is 0.231. The number of hydrogen-bond acceptors (Lipinski definition) is 3. The molecule has 1 aromatic carbocycles. The van der Waals surface area contributed by atoms with Crippen LogP contribution in [0.3, 0.4) is 0 Å². The van der Waals surface area contributed by atoms with Gasteiger partial charge in [0.05, 0.1) is 17.5 Å². The van der Waals surface area contributed by atoms with E-state index in [-0.39, 0.29) is 11.9 Å². The van der Waals surface area contributed by atoms with Crippen molar-refractivity contribution < 1.29 is 9.13 Å². The first-order valence-corrected chi connectivity index (χ1v) is 7.49. The normalized spacial score (nSPS) is 22.9. The molecule has 0 radical (unpaired) electrons. The summed E-state index contributed by atoms with van der Waals surface area (Å²) in [7, 11) is 0. The molecule has 0 spiro atoms. The molecule has 3 N–H and O–H groups in total. The zero-order valence-electron chi connectivity index (χ0n) is 12.6. The van der Waals surface area contributed by atoms with Gasteiger partial charge in [0.1, 0.15) is 0 Å². The molecule has 0 aliphatic heterocycles. The van der Waals surface area contributed by atoms with Gasteiger partial charge in [-0.2, -0.15) is 0 Å². The summed E-state index contributed by atoms with van der Waals surface area (Å²) in [6.07, 6.45) is 4.83. The van der Waals surface area contributed by atoms with Crippen molar-refractivity contribution in [3.05, 3.63) is 17.9 Å². The molecule has 4 heteroatoms. The molecule has 2 rings (SSSR count). The van der Waals surface area contributed by atoms with Crippen molar-refractivity contribution in [2.24, 2.45) is 5.92 Å². The molecule has 0 aromatic heterocycles. The van der Waals surface area contributed by atoms with Gasteiger partial charge in [-0.1, -0.05) is 19.8 Å². The molecule has 1 saturated carbocycles. The van der Waals surface area contributed by atoms with E-state index in [2.05, 4.69) is 12.2 Å². The van der Waals surface area contributed by atoms with Crippen LogP contribution in [0.4, 0.5) is 15.8 Å². The van der Waals surface area contributed by atoms with Crippen LogP contribution >= 0.6 is 0 Å². The van der Waals surface area contributed by atoms with E-state index >= 15 is 0 Å². The van der Waals surface area contributed by atoms with Crippen LogP contribution in [0.25, 0.3) is 0 Å². The van der Waals surface area contributed by atoms with Crippen molar-refractivity contribution in [1.82, 2.24) is 0 Å². The molecule has 1 aromatic rings. The Bertz CT molecular complexity index is 462. The van der Waals surface area contributed by atoms with E-state index in [1.807, 2.05) is 13.8 Å². The zero-order valence-corrected chi connectivity index (χ0v) is 12.6. The van der Waals surface area contributed by atoms with Crippen LogP contribution in [0.5, 0.6) is 5.75 Å². The van der Waals surface area contributed by atoms with Crippen LogP contribution < -0.4 is 15.8 Å². The molecule has 1 aliphatic rings.